The van der Waals surface area contributed by atoms with Crippen molar-refractivity contribution in [2.45, 2.75) is 38.2 Å². The maximum Gasteiger partial charge on any atom is 0.234 e. The fraction of sp³-hybridized carbons (Fsp3) is 0.583. The molecule has 0 radical (unpaired) electrons. The fourth-order valence-electron chi connectivity index (χ4n) is 1.52. The van der Waals surface area contributed by atoms with Gasteiger partial charge in [-0.2, -0.15) is 0 Å². The van der Waals surface area contributed by atoms with E-state index in [1.165, 1.54) is 24.4 Å². The fourth-order valence-corrected chi connectivity index (χ4v) is 1.52. The van der Waals surface area contributed by atoms with Crippen LogP contribution in [0.5, 0.6) is 0 Å². The molecule has 0 aromatic rings. The number of ether oxygens (including phenoxy) is 1. The van der Waals surface area contributed by atoms with Gasteiger partial charge in [0.2, 0.25) is 5.85 Å². The molecular formula is C12H17F2NO. The first-order chi connectivity index (χ1) is 7.58. The smallest absolute Gasteiger partial charge is 0.234 e. The van der Waals surface area contributed by atoms with E-state index in [2.05, 4.69) is 0 Å². The molecule has 0 bridgehead atoms. The number of allylic oxidation sites excluding steroid dienone is 3. The summed E-state index contributed by atoms with van der Waals surface area (Å²) in [5.74, 6) is -2.01. The van der Waals surface area contributed by atoms with E-state index >= 15 is 0 Å². The molecule has 0 amide bonds. The number of hydrogen-bond donors (Lipinski definition) is 1. The Morgan fingerprint density at radius 2 is 2.44 bits per heavy atom. The van der Waals surface area contributed by atoms with Gasteiger partial charge in [-0.15, -0.1) is 0 Å². The van der Waals surface area contributed by atoms with Crippen molar-refractivity contribution < 1.29 is 13.5 Å². The summed E-state index contributed by atoms with van der Waals surface area (Å²) in [6.07, 6.45) is 5.15. The minimum Gasteiger partial charge on any atom is -0.342 e. The molecule has 2 unspecified atom stereocenters. The van der Waals surface area contributed by atoms with E-state index in [9.17, 15) is 8.78 Å². The van der Waals surface area contributed by atoms with Gasteiger partial charge in [-0.25, -0.2) is 8.78 Å². The summed E-state index contributed by atoms with van der Waals surface area (Å²) in [4.78, 5) is 0. The van der Waals surface area contributed by atoms with Crippen molar-refractivity contribution in [2.24, 2.45) is 0 Å². The van der Waals surface area contributed by atoms with Crippen LogP contribution in [0.15, 0.2) is 23.8 Å². The highest BCUT2D eigenvalue weighted by Crippen LogP contribution is 2.32. The third-order valence-corrected chi connectivity index (χ3v) is 2.54. The Kier molecular flexibility index (Phi) is 4.80. The van der Waals surface area contributed by atoms with Crippen LogP contribution in [0.25, 0.3) is 0 Å². The maximum absolute atomic E-state index is 14.3. The number of nitrogens with one attached hydrogen (secondary N) is 1. The average Bonchev–Trinajstić information content (AvgIpc) is 2.35. The van der Waals surface area contributed by atoms with E-state index in [0.717, 1.165) is 0 Å². The molecule has 0 aromatic carbocycles. The average molecular weight is 229 g/mol. The molecule has 0 fully saturated rings. The molecule has 0 aromatic heterocycles. The number of rotatable bonds is 5. The third kappa shape index (κ3) is 3.52. The minimum atomic E-state index is -2.01. The van der Waals surface area contributed by atoms with Crippen LogP contribution in [0, 0.1) is 5.41 Å². The zero-order valence-corrected chi connectivity index (χ0v) is 9.38. The monoisotopic (exact) mass is 229 g/mol. The van der Waals surface area contributed by atoms with E-state index in [1.807, 2.05) is 0 Å². The van der Waals surface area contributed by atoms with E-state index in [1.54, 1.807) is 6.92 Å². The van der Waals surface area contributed by atoms with E-state index in [4.69, 9.17) is 10.1 Å². The molecule has 0 saturated carbocycles. The molecule has 0 spiro atoms. The SMILES string of the molecule is CC1=CC=CC(F)CC1(F)OCCCC=N. The summed E-state index contributed by atoms with van der Waals surface area (Å²) in [6.45, 7) is 1.79. The Hall–Kier alpha value is -1.03. The quantitative estimate of drug-likeness (QED) is 0.569. The van der Waals surface area contributed by atoms with Crippen molar-refractivity contribution >= 4 is 6.21 Å². The van der Waals surface area contributed by atoms with Crippen LogP contribution >= 0.6 is 0 Å². The van der Waals surface area contributed by atoms with Gasteiger partial charge in [-0.05, 0) is 31.6 Å². The lowest BCUT2D eigenvalue weighted by Gasteiger charge is -2.26. The van der Waals surface area contributed by atoms with Gasteiger partial charge in [0.15, 0.2) is 0 Å². The summed E-state index contributed by atoms with van der Waals surface area (Å²) in [5.41, 5.74) is 0.388. The highest BCUT2D eigenvalue weighted by atomic mass is 19.2. The Morgan fingerprint density at radius 3 is 3.12 bits per heavy atom. The number of unbranched alkanes of at least 4 members (excludes halogenated alkanes) is 1. The van der Waals surface area contributed by atoms with Crippen LogP contribution < -0.4 is 0 Å². The summed E-state index contributed by atoms with van der Waals surface area (Å²) in [5, 5.41) is 6.83. The second kappa shape index (κ2) is 5.89. The lowest BCUT2D eigenvalue weighted by molar-refractivity contribution is -0.127. The molecule has 0 aliphatic heterocycles. The first-order valence-corrected chi connectivity index (χ1v) is 5.40. The van der Waals surface area contributed by atoms with Crippen molar-refractivity contribution in [2.75, 3.05) is 6.61 Å². The zero-order valence-electron chi connectivity index (χ0n) is 9.38. The molecule has 0 heterocycles. The van der Waals surface area contributed by atoms with Gasteiger partial charge in [0, 0.05) is 6.42 Å². The van der Waals surface area contributed by atoms with Gasteiger partial charge in [0.05, 0.1) is 6.61 Å². The predicted molar refractivity (Wildman–Crippen MR) is 60.2 cm³/mol. The van der Waals surface area contributed by atoms with Crippen molar-refractivity contribution in [3.05, 3.63) is 23.8 Å². The molecule has 1 N–H and O–H groups in total. The Morgan fingerprint density at radius 1 is 1.69 bits per heavy atom. The summed E-state index contributed by atoms with van der Waals surface area (Å²) in [6, 6.07) is 0. The standard InChI is InChI=1S/C12H17F2NO/c1-10-5-4-6-11(13)9-12(10,14)16-8-3-2-7-15/h4-7,11,15H,2-3,8-9H2,1H3. The molecule has 2 nitrogen and oxygen atoms in total. The van der Waals surface area contributed by atoms with Crippen molar-refractivity contribution in [1.29, 1.82) is 5.41 Å². The maximum atomic E-state index is 14.3. The van der Waals surface area contributed by atoms with Crippen LogP contribution in [0.3, 0.4) is 0 Å². The largest absolute Gasteiger partial charge is 0.342 e. The van der Waals surface area contributed by atoms with E-state index in [-0.39, 0.29) is 13.0 Å². The molecule has 1 rings (SSSR count). The van der Waals surface area contributed by atoms with Crippen molar-refractivity contribution in [3.63, 3.8) is 0 Å². The Balaban J connectivity index is 2.55. The van der Waals surface area contributed by atoms with Gasteiger partial charge in [0.25, 0.3) is 0 Å². The molecule has 16 heavy (non-hydrogen) atoms. The lowest BCUT2D eigenvalue weighted by Crippen LogP contribution is -2.31. The topological polar surface area (TPSA) is 33.1 Å². The zero-order chi connectivity index (χ0) is 12.0. The highest BCUT2D eigenvalue weighted by Gasteiger charge is 2.36. The Labute approximate surface area is 94.5 Å². The van der Waals surface area contributed by atoms with Crippen LogP contribution in [-0.2, 0) is 4.74 Å². The van der Waals surface area contributed by atoms with Gasteiger partial charge in [-0.3, -0.25) is 0 Å². The summed E-state index contributed by atoms with van der Waals surface area (Å²) >= 11 is 0. The number of halogens is 2. The second-order valence-electron chi connectivity index (χ2n) is 3.88. The Bertz CT molecular complexity index is 301. The highest BCUT2D eigenvalue weighted by molar-refractivity contribution is 5.52. The number of alkyl halides is 2. The van der Waals surface area contributed by atoms with Gasteiger partial charge >= 0.3 is 0 Å². The summed E-state index contributed by atoms with van der Waals surface area (Å²) in [7, 11) is 0. The van der Waals surface area contributed by atoms with Crippen LogP contribution in [-0.4, -0.2) is 24.8 Å². The molecule has 2 atom stereocenters. The van der Waals surface area contributed by atoms with Crippen molar-refractivity contribution in [1.82, 2.24) is 0 Å². The molecule has 4 heteroatoms. The number of hydrogen-bond acceptors (Lipinski definition) is 2. The molecule has 1 aliphatic carbocycles. The van der Waals surface area contributed by atoms with E-state index in [0.29, 0.717) is 18.4 Å². The minimum absolute atomic E-state index is 0.198. The summed E-state index contributed by atoms with van der Waals surface area (Å²) < 4.78 is 32.6. The predicted octanol–water partition coefficient (Wildman–Crippen LogP) is 3.34. The van der Waals surface area contributed by atoms with Crippen LogP contribution in [0.4, 0.5) is 8.78 Å². The first-order valence-electron chi connectivity index (χ1n) is 5.40. The molecular weight excluding hydrogens is 212 g/mol. The second-order valence-corrected chi connectivity index (χ2v) is 3.88. The molecule has 90 valence electrons. The van der Waals surface area contributed by atoms with Gasteiger partial charge < -0.3 is 10.1 Å². The molecule has 1 aliphatic rings. The van der Waals surface area contributed by atoms with Crippen LogP contribution in [0.2, 0.25) is 0 Å². The molecule has 0 saturated heterocycles. The van der Waals surface area contributed by atoms with Gasteiger partial charge in [0.1, 0.15) is 6.17 Å². The lowest BCUT2D eigenvalue weighted by atomic mass is 10.0. The third-order valence-electron chi connectivity index (χ3n) is 2.54. The van der Waals surface area contributed by atoms with Gasteiger partial charge in [-0.1, -0.05) is 18.2 Å². The van der Waals surface area contributed by atoms with E-state index < -0.39 is 12.0 Å². The normalized spacial score (nSPS) is 29.7. The van der Waals surface area contributed by atoms with Crippen LogP contribution in [0.1, 0.15) is 26.2 Å². The van der Waals surface area contributed by atoms with Crippen molar-refractivity contribution in [3.8, 4) is 0 Å². The first kappa shape index (κ1) is 13.0.